The van der Waals surface area contributed by atoms with Gasteiger partial charge in [-0.15, -0.1) is 0 Å². The van der Waals surface area contributed by atoms with Crippen LogP contribution >= 0.6 is 0 Å². The van der Waals surface area contributed by atoms with Crippen LogP contribution in [-0.4, -0.2) is 22.2 Å². The summed E-state index contributed by atoms with van der Waals surface area (Å²) >= 11 is 0. The van der Waals surface area contributed by atoms with Gasteiger partial charge in [0.15, 0.2) is 5.82 Å². The quantitative estimate of drug-likeness (QED) is 0.848. The van der Waals surface area contributed by atoms with Crippen molar-refractivity contribution in [2.24, 2.45) is 12.8 Å². The summed E-state index contributed by atoms with van der Waals surface area (Å²) in [5, 5.41) is 6.88. The van der Waals surface area contributed by atoms with Crippen molar-refractivity contribution in [1.82, 2.24) is 9.78 Å². The summed E-state index contributed by atoms with van der Waals surface area (Å²) in [5.74, 6) is 0.391. The minimum atomic E-state index is -0.155. The van der Waals surface area contributed by atoms with Crippen LogP contribution in [0.4, 0.5) is 5.82 Å². The number of nitrogens with one attached hydrogen (secondary N) is 1. The summed E-state index contributed by atoms with van der Waals surface area (Å²) in [6, 6.07) is 9.21. The van der Waals surface area contributed by atoms with Crippen LogP contribution in [0.3, 0.4) is 0 Å². The number of carbonyl (C=O) groups excluding carboxylic acids is 1. The molecule has 2 aromatic rings. The van der Waals surface area contributed by atoms with Crippen LogP contribution in [0.15, 0.2) is 36.5 Å². The standard InChI is InChI=1S/C13H16N4O/c1-17-9-7-12(16-17)15-13(18)11-5-3-2-4-10(11)6-8-14/h2-5,7,9H,6,8,14H2,1H3,(H,15,16,18). The number of nitrogens with zero attached hydrogens (tertiary/aromatic N) is 2. The topological polar surface area (TPSA) is 72.9 Å². The average molecular weight is 244 g/mol. The first-order valence-electron chi connectivity index (χ1n) is 5.79. The predicted molar refractivity (Wildman–Crippen MR) is 70.4 cm³/mol. The van der Waals surface area contributed by atoms with Crippen molar-refractivity contribution < 1.29 is 4.79 Å². The zero-order valence-electron chi connectivity index (χ0n) is 10.3. The molecule has 0 radical (unpaired) electrons. The third-order valence-corrected chi connectivity index (χ3v) is 2.63. The van der Waals surface area contributed by atoms with E-state index in [1.54, 1.807) is 30.1 Å². The van der Waals surface area contributed by atoms with Gasteiger partial charge in [0.2, 0.25) is 0 Å². The molecule has 0 spiro atoms. The molecule has 94 valence electrons. The minimum Gasteiger partial charge on any atom is -0.330 e. The Bertz CT molecular complexity index is 547. The van der Waals surface area contributed by atoms with E-state index in [1.165, 1.54) is 0 Å². The SMILES string of the molecule is Cn1ccc(NC(=O)c2ccccc2CCN)n1. The number of carbonyl (C=O) groups is 1. The van der Waals surface area contributed by atoms with Gasteiger partial charge in [-0.1, -0.05) is 18.2 Å². The molecule has 3 N–H and O–H groups in total. The molecule has 18 heavy (non-hydrogen) atoms. The van der Waals surface area contributed by atoms with Crippen molar-refractivity contribution in [3.8, 4) is 0 Å². The monoisotopic (exact) mass is 244 g/mol. The number of rotatable bonds is 4. The molecule has 5 heteroatoms. The van der Waals surface area contributed by atoms with Crippen molar-refractivity contribution in [3.63, 3.8) is 0 Å². The summed E-state index contributed by atoms with van der Waals surface area (Å²) in [7, 11) is 1.80. The number of hydrogen-bond acceptors (Lipinski definition) is 3. The summed E-state index contributed by atoms with van der Waals surface area (Å²) in [5.41, 5.74) is 7.14. The molecule has 0 aliphatic rings. The fraction of sp³-hybridized carbons (Fsp3) is 0.231. The lowest BCUT2D eigenvalue weighted by Gasteiger charge is -2.07. The van der Waals surface area contributed by atoms with Crippen molar-refractivity contribution in [2.75, 3.05) is 11.9 Å². The zero-order chi connectivity index (χ0) is 13.0. The van der Waals surface area contributed by atoms with E-state index in [4.69, 9.17) is 5.73 Å². The largest absolute Gasteiger partial charge is 0.330 e. The van der Waals surface area contributed by atoms with E-state index in [1.807, 2.05) is 18.2 Å². The highest BCUT2D eigenvalue weighted by Gasteiger charge is 2.11. The molecule has 2 rings (SSSR count). The molecular weight excluding hydrogens is 228 g/mol. The van der Waals surface area contributed by atoms with Gasteiger partial charge in [-0.3, -0.25) is 9.48 Å². The van der Waals surface area contributed by atoms with Gasteiger partial charge < -0.3 is 11.1 Å². The van der Waals surface area contributed by atoms with Crippen molar-refractivity contribution in [3.05, 3.63) is 47.7 Å². The minimum absolute atomic E-state index is 0.155. The van der Waals surface area contributed by atoms with Gasteiger partial charge in [0.05, 0.1) is 0 Å². The highest BCUT2D eigenvalue weighted by atomic mass is 16.1. The number of nitrogens with two attached hydrogens (primary N) is 1. The number of aryl methyl sites for hydroxylation is 1. The molecule has 0 fully saturated rings. The molecule has 0 aliphatic heterocycles. The van der Waals surface area contributed by atoms with E-state index in [0.29, 0.717) is 24.3 Å². The molecule has 1 amide bonds. The van der Waals surface area contributed by atoms with E-state index >= 15 is 0 Å². The van der Waals surface area contributed by atoms with Gasteiger partial charge in [0.1, 0.15) is 0 Å². The number of hydrogen-bond donors (Lipinski definition) is 2. The van der Waals surface area contributed by atoms with Crippen LogP contribution < -0.4 is 11.1 Å². The van der Waals surface area contributed by atoms with Crippen molar-refractivity contribution >= 4 is 11.7 Å². The predicted octanol–water partition coefficient (Wildman–Crippen LogP) is 1.17. The second kappa shape index (κ2) is 5.46. The van der Waals surface area contributed by atoms with E-state index in [2.05, 4.69) is 10.4 Å². The highest BCUT2D eigenvalue weighted by molar-refractivity contribution is 6.04. The average Bonchev–Trinajstić information content (AvgIpc) is 2.76. The maximum absolute atomic E-state index is 12.1. The van der Waals surface area contributed by atoms with Crippen LogP contribution in [0.25, 0.3) is 0 Å². The third kappa shape index (κ3) is 2.75. The Kier molecular flexibility index (Phi) is 3.74. The summed E-state index contributed by atoms with van der Waals surface area (Å²) in [6.07, 6.45) is 2.47. The Morgan fingerprint density at radius 2 is 2.17 bits per heavy atom. The smallest absolute Gasteiger partial charge is 0.257 e. The Hall–Kier alpha value is -2.14. The van der Waals surface area contributed by atoms with Crippen LogP contribution in [0.1, 0.15) is 15.9 Å². The number of anilines is 1. The second-order valence-electron chi connectivity index (χ2n) is 4.02. The summed E-state index contributed by atoms with van der Waals surface area (Å²) in [4.78, 5) is 12.1. The Labute approximate surface area is 106 Å². The van der Waals surface area contributed by atoms with Gasteiger partial charge in [-0.05, 0) is 24.6 Å². The van der Waals surface area contributed by atoms with Crippen molar-refractivity contribution in [2.45, 2.75) is 6.42 Å². The number of amides is 1. The number of benzene rings is 1. The zero-order valence-corrected chi connectivity index (χ0v) is 10.3. The summed E-state index contributed by atoms with van der Waals surface area (Å²) in [6.45, 7) is 0.522. The van der Waals surface area contributed by atoms with Gasteiger partial charge in [0.25, 0.3) is 5.91 Å². The molecule has 0 atom stereocenters. The molecule has 1 heterocycles. The van der Waals surface area contributed by atoms with Crippen LogP contribution in [-0.2, 0) is 13.5 Å². The fourth-order valence-electron chi connectivity index (χ4n) is 1.78. The van der Waals surface area contributed by atoms with E-state index in [0.717, 1.165) is 5.56 Å². The van der Waals surface area contributed by atoms with Crippen molar-refractivity contribution in [1.29, 1.82) is 0 Å². The molecule has 0 aliphatic carbocycles. The fourth-order valence-corrected chi connectivity index (χ4v) is 1.78. The lowest BCUT2D eigenvalue weighted by molar-refractivity contribution is 0.102. The third-order valence-electron chi connectivity index (χ3n) is 2.63. The molecule has 1 aromatic carbocycles. The lowest BCUT2D eigenvalue weighted by Crippen LogP contribution is -2.16. The lowest BCUT2D eigenvalue weighted by atomic mass is 10.0. The van der Waals surface area contributed by atoms with E-state index < -0.39 is 0 Å². The molecule has 0 unspecified atom stereocenters. The van der Waals surface area contributed by atoms with E-state index in [-0.39, 0.29) is 5.91 Å². The van der Waals surface area contributed by atoms with Gasteiger partial charge in [0, 0.05) is 24.9 Å². The maximum atomic E-state index is 12.1. The molecule has 0 saturated heterocycles. The first-order chi connectivity index (χ1) is 8.70. The summed E-state index contributed by atoms with van der Waals surface area (Å²) < 4.78 is 1.64. The van der Waals surface area contributed by atoms with Gasteiger partial charge in [-0.25, -0.2) is 0 Å². The Morgan fingerprint density at radius 1 is 1.39 bits per heavy atom. The first kappa shape index (κ1) is 12.3. The van der Waals surface area contributed by atoms with Crippen LogP contribution in [0, 0.1) is 0 Å². The molecule has 1 aromatic heterocycles. The van der Waals surface area contributed by atoms with Crippen LogP contribution in [0.5, 0.6) is 0 Å². The van der Waals surface area contributed by atoms with Gasteiger partial charge in [-0.2, -0.15) is 5.10 Å². The Morgan fingerprint density at radius 3 is 2.83 bits per heavy atom. The van der Waals surface area contributed by atoms with Gasteiger partial charge >= 0.3 is 0 Å². The normalized spacial score (nSPS) is 10.3. The van der Waals surface area contributed by atoms with Crippen LogP contribution in [0.2, 0.25) is 0 Å². The molecule has 5 nitrogen and oxygen atoms in total. The Balaban J connectivity index is 2.18. The first-order valence-corrected chi connectivity index (χ1v) is 5.79. The van der Waals surface area contributed by atoms with E-state index in [9.17, 15) is 4.79 Å². The molecule has 0 saturated carbocycles. The highest BCUT2D eigenvalue weighted by Crippen LogP contribution is 2.12. The molecular formula is C13H16N4O. The molecule has 0 bridgehead atoms. The second-order valence-corrected chi connectivity index (χ2v) is 4.02. The maximum Gasteiger partial charge on any atom is 0.257 e. The number of aromatic nitrogens is 2.